The SMILES string of the molecule is CN=C(NCc1ccc(Oc2cccc(F)c2)nc1)N(C)Cc1csc(C)n1. The number of hydrogen-bond acceptors (Lipinski definition) is 5. The zero-order chi connectivity index (χ0) is 19.9. The summed E-state index contributed by atoms with van der Waals surface area (Å²) < 4.78 is 18.8. The molecule has 6 nitrogen and oxygen atoms in total. The second-order valence-corrected chi connectivity index (χ2v) is 7.24. The Hall–Kier alpha value is -3.00. The maximum absolute atomic E-state index is 13.2. The van der Waals surface area contributed by atoms with Crippen LogP contribution in [0.3, 0.4) is 0 Å². The monoisotopic (exact) mass is 399 g/mol. The van der Waals surface area contributed by atoms with Gasteiger partial charge in [0.05, 0.1) is 17.2 Å². The number of hydrogen-bond donors (Lipinski definition) is 1. The van der Waals surface area contributed by atoms with Crippen LogP contribution in [0, 0.1) is 12.7 Å². The number of benzene rings is 1. The minimum atomic E-state index is -0.346. The van der Waals surface area contributed by atoms with E-state index in [-0.39, 0.29) is 5.82 Å². The molecule has 2 aromatic heterocycles. The van der Waals surface area contributed by atoms with Gasteiger partial charge in [0.1, 0.15) is 11.6 Å². The summed E-state index contributed by atoms with van der Waals surface area (Å²) in [6, 6.07) is 9.63. The molecule has 0 aliphatic carbocycles. The molecule has 3 rings (SSSR count). The van der Waals surface area contributed by atoms with E-state index in [9.17, 15) is 4.39 Å². The number of aromatic nitrogens is 2. The standard InChI is InChI=1S/C20H22FN5OS/c1-14-25-17(13-28-14)12-26(3)20(22-2)24-11-15-7-8-19(23-10-15)27-18-6-4-5-16(21)9-18/h4-10,13H,11-12H2,1-3H3,(H,22,24). The second kappa shape index (κ2) is 9.27. The average molecular weight is 399 g/mol. The van der Waals surface area contributed by atoms with Gasteiger partial charge in [0.25, 0.3) is 0 Å². The van der Waals surface area contributed by atoms with E-state index in [4.69, 9.17) is 4.74 Å². The van der Waals surface area contributed by atoms with Gasteiger partial charge in [0, 0.05) is 44.3 Å². The van der Waals surface area contributed by atoms with E-state index >= 15 is 0 Å². The van der Waals surface area contributed by atoms with Gasteiger partial charge in [0.15, 0.2) is 5.96 Å². The van der Waals surface area contributed by atoms with Crippen molar-refractivity contribution < 1.29 is 9.13 Å². The van der Waals surface area contributed by atoms with Crippen LogP contribution in [0.25, 0.3) is 0 Å². The van der Waals surface area contributed by atoms with Gasteiger partial charge < -0.3 is 15.0 Å². The lowest BCUT2D eigenvalue weighted by atomic mass is 10.3. The second-order valence-electron chi connectivity index (χ2n) is 6.18. The topological polar surface area (TPSA) is 62.6 Å². The number of nitrogens with one attached hydrogen (secondary N) is 1. The van der Waals surface area contributed by atoms with Crippen molar-refractivity contribution in [3.63, 3.8) is 0 Å². The highest BCUT2D eigenvalue weighted by Crippen LogP contribution is 2.20. The van der Waals surface area contributed by atoms with Gasteiger partial charge in [-0.2, -0.15) is 0 Å². The van der Waals surface area contributed by atoms with Crippen molar-refractivity contribution in [1.82, 2.24) is 20.2 Å². The highest BCUT2D eigenvalue weighted by molar-refractivity contribution is 7.09. The molecule has 2 heterocycles. The fourth-order valence-corrected chi connectivity index (χ4v) is 3.20. The molecule has 0 saturated heterocycles. The summed E-state index contributed by atoms with van der Waals surface area (Å²) in [5.41, 5.74) is 2.00. The molecular weight excluding hydrogens is 377 g/mol. The van der Waals surface area contributed by atoms with E-state index in [2.05, 4.69) is 25.7 Å². The molecule has 0 bridgehead atoms. The quantitative estimate of drug-likeness (QED) is 0.502. The number of pyridine rings is 1. The molecule has 0 unspecified atom stereocenters. The van der Waals surface area contributed by atoms with Crippen molar-refractivity contribution in [3.05, 3.63) is 70.1 Å². The molecule has 0 fully saturated rings. The van der Waals surface area contributed by atoms with Crippen LogP contribution < -0.4 is 10.1 Å². The number of thiazole rings is 1. The Morgan fingerprint density at radius 2 is 2.18 bits per heavy atom. The maximum atomic E-state index is 13.2. The molecule has 0 aliphatic rings. The maximum Gasteiger partial charge on any atom is 0.219 e. The van der Waals surface area contributed by atoms with Crippen molar-refractivity contribution in [3.8, 4) is 11.6 Å². The van der Waals surface area contributed by atoms with Crippen LogP contribution in [0.2, 0.25) is 0 Å². The number of nitrogens with zero attached hydrogens (tertiary/aromatic N) is 4. The molecule has 0 radical (unpaired) electrons. The van der Waals surface area contributed by atoms with Gasteiger partial charge in [-0.15, -0.1) is 11.3 Å². The third-order valence-corrected chi connectivity index (χ3v) is 4.73. The number of halogens is 1. The first kappa shape index (κ1) is 19.8. The van der Waals surface area contributed by atoms with Crippen molar-refractivity contribution in [1.29, 1.82) is 0 Å². The fourth-order valence-electron chi connectivity index (χ4n) is 2.59. The van der Waals surface area contributed by atoms with Gasteiger partial charge in [-0.1, -0.05) is 12.1 Å². The van der Waals surface area contributed by atoms with Crippen LogP contribution in [0.4, 0.5) is 4.39 Å². The van der Waals surface area contributed by atoms with Gasteiger partial charge in [-0.05, 0) is 24.6 Å². The lowest BCUT2D eigenvalue weighted by Crippen LogP contribution is -2.38. The van der Waals surface area contributed by atoms with E-state index in [1.165, 1.54) is 12.1 Å². The predicted octanol–water partition coefficient (Wildman–Crippen LogP) is 3.99. The minimum Gasteiger partial charge on any atom is -0.439 e. The molecule has 146 valence electrons. The molecule has 0 amide bonds. The smallest absolute Gasteiger partial charge is 0.219 e. The van der Waals surface area contributed by atoms with E-state index in [1.807, 2.05) is 24.9 Å². The summed E-state index contributed by atoms with van der Waals surface area (Å²) in [4.78, 5) is 15.1. The van der Waals surface area contributed by atoms with Crippen LogP contribution in [-0.4, -0.2) is 34.9 Å². The predicted molar refractivity (Wildman–Crippen MR) is 109 cm³/mol. The molecule has 28 heavy (non-hydrogen) atoms. The highest BCUT2D eigenvalue weighted by Gasteiger charge is 2.09. The summed E-state index contributed by atoms with van der Waals surface area (Å²) in [5, 5.41) is 6.42. The van der Waals surface area contributed by atoms with Crippen molar-refractivity contribution in [2.45, 2.75) is 20.0 Å². The first-order chi connectivity index (χ1) is 13.5. The van der Waals surface area contributed by atoms with Gasteiger partial charge >= 0.3 is 0 Å². The van der Waals surface area contributed by atoms with Crippen molar-refractivity contribution in [2.24, 2.45) is 4.99 Å². The number of aliphatic imine (C=N–C) groups is 1. The summed E-state index contributed by atoms with van der Waals surface area (Å²) >= 11 is 1.64. The molecule has 3 aromatic rings. The first-order valence-electron chi connectivity index (χ1n) is 8.74. The number of ether oxygens (including phenoxy) is 1. The lowest BCUT2D eigenvalue weighted by Gasteiger charge is -2.21. The minimum absolute atomic E-state index is 0.346. The number of rotatable bonds is 6. The van der Waals surface area contributed by atoms with Gasteiger partial charge in [0.2, 0.25) is 5.88 Å². The molecule has 0 spiro atoms. The molecule has 0 saturated carbocycles. The molecular formula is C20H22FN5OS. The van der Waals surface area contributed by atoms with Gasteiger partial charge in [-0.25, -0.2) is 14.4 Å². The summed E-state index contributed by atoms with van der Waals surface area (Å²) in [6.45, 7) is 3.25. The van der Waals surface area contributed by atoms with Crippen LogP contribution in [0.15, 0.2) is 53.0 Å². The van der Waals surface area contributed by atoms with E-state index in [0.717, 1.165) is 22.2 Å². The van der Waals surface area contributed by atoms with Crippen molar-refractivity contribution in [2.75, 3.05) is 14.1 Å². The first-order valence-corrected chi connectivity index (χ1v) is 9.62. The van der Waals surface area contributed by atoms with E-state index < -0.39 is 0 Å². The fraction of sp³-hybridized carbons (Fsp3) is 0.250. The van der Waals surface area contributed by atoms with Crippen LogP contribution >= 0.6 is 11.3 Å². The normalized spacial score (nSPS) is 11.4. The third kappa shape index (κ3) is 5.50. The Morgan fingerprint density at radius 1 is 1.32 bits per heavy atom. The zero-order valence-corrected chi connectivity index (χ0v) is 16.8. The molecule has 0 aliphatic heterocycles. The third-order valence-electron chi connectivity index (χ3n) is 3.91. The molecule has 8 heteroatoms. The highest BCUT2D eigenvalue weighted by atomic mass is 32.1. The average Bonchev–Trinajstić information content (AvgIpc) is 3.08. The Balaban J connectivity index is 1.54. The van der Waals surface area contributed by atoms with Crippen LogP contribution in [0.1, 0.15) is 16.3 Å². The van der Waals surface area contributed by atoms with E-state index in [0.29, 0.717) is 24.7 Å². The molecule has 1 N–H and O–H groups in total. The molecule has 0 atom stereocenters. The summed E-state index contributed by atoms with van der Waals surface area (Å²) in [7, 11) is 3.72. The van der Waals surface area contributed by atoms with Crippen LogP contribution in [-0.2, 0) is 13.1 Å². The summed E-state index contributed by atoms with van der Waals surface area (Å²) in [5.74, 6) is 1.25. The Morgan fingerprint density at radius 3 is 2.82 bits per heavy atom. The number of aryl methyl sites for hydroxylation is 1. The Bertz CT molecular complexity index is 942. The van der Waals surface area contributed by atoms with Crippen molar-refractivity contribution >= 4 is 17.3 Å². The lowest BCUT2D eigenvalue weighted by molar-refractivity contribution is 0.457. The largest absolute Gasteiger partial charge is 0.439 e. The van der Waals surface area contributed by atoms with Crippen LogP contribution in [0.5, 0.6) is 11.6 Å². The Kier molecular flexibility index (Phi) is 6.54. The molecule has 1 aromatic carbocycles. The van der Waals surface area contributed by atoms with E-state index in [1.54, 1.807) is 42.8 Å². The number of guanidine groups is 1. The summed E-state index contributed by atoms with van der Waals surface area (Å²) in [6.07, 6.45) is 1.72. The Labute approximate surface area is 167 Å². The van der Waals surface area contributed by atoms with Gasteiger partial charge in [-0.3, -0.25) is 4.99 Å². The zero-order valence-electron chi connectivity index (χ0n) is 16.0.